The van der Waals surface area contributed by atoms with Gasteiger partial charge in [0, 0.05) is 0 Å². The summed E-state index contributed by atoms with van der Waals surface area (Å²) in [5.74, 6) is 3.34. The predicted octanol–water partition coefficient (Wildman–Crippen LogP) is 3.47. The van der Waals surface area contributed by atoms with E-state index in [-0.39, 0.29) is 20.7 Å². The fourth-order valence-electron chi connectivity index (χ4n) is 2.99. The summed E-state index contributed by atoms with van der Waals surface area (Å²) in [6.45, 7) is 0. The minimum absolute atomic E-state index is 0.0515. The van der Waals surface area contributed by atoms with Crippen molar-refractivity contribution in [3.05, 3.63) is 59.8 Å². The van der Waals surface area contributed by atoms with E-state index in [1.165, 1.54) is 0 Å². The Labute approximate surface area is 159 Å². The Balaban J connectivity index is 1.95. The zero-order chi connectivity index (χ0) is 18.7. The molecule has 4 nitrogen and oxygen atoms in total. The fraction of sp³-hybridized carbons (Fsp3) is 0.190. The van der Waals surface area contributed by atoms with Gasteiger partial charge in [0.15, 0.2) is 0 Å². The molecule has 0 aliphatic carbocycles. The summed E-state index contributed by atoms with van der Waals surface area (Å²) in [7, 11) is 5.21. The van der Waals surface area contributed by atoms with Gasteiger partial charge in [0.2, 0.25) is 0 Å². The molecular formula is C21H21NO3Se. The van der Waals surface area contributed by atoms with Crippen LogP contribution < -0.4 is 13.9 Å². The standard InChI is InChI=1S/C21H21NO3Se/c1-22-13-14(16-7-5-6-8-17(16)22)9-10-18(23)15-11-19(24-2)21(25-3)20(12-15)26-4/h5-13H,1-4H3/b10-9+. The monoisotopic (exact) mass is 415 g/mol. The molecule has 0 bridgehead atoms. The van der Waals surface area contributed by atoms with Crippen LogP contribution in [0.25, 0.3) is 17.0 Å². The van der Waals surface area contributed by atoms with E-state index < -0.39 is 0 Å². The molecule has 3 aromatic rings. The zero-order valence-electron chi connectivity index (χ0n) is 15.3. The van der Waals surface area contributed by atoms with E-state index in [4.69, 9.17) is 9.47 Å². The van der Waals surface area contributed by atoms with Crippen LogP contribution in [0.4, 0.5) is 0 Å². The van der Waals surface area contributed by atoms with Gasteiger partial charge < -0.3 is 0 Å². The first-order valence-electron chi connectivity index (χ1n) is 8.15. The maximum atomic E-state index is 12.7. The molecule has 0 atom stereocenters. The molecule has 1 aromatic heterocycles. The third-order valence-corrected chi connectivity index (χ3v) is 5.85. The first kappa shape index (κ1) is 18.3. The van der Waals surface area contributed by atoms with Gasteiger partial charge in [0.25, 0.3) is 0 Å². The van der Waals surface area contributed by atoms with Gasteiger partial charge >= 0.3 is 159 Å². The number of allylic oxidation sites excluding steroid dienone is 1. The van der Waals surface area contributed by atoms with Crippen molar-refractivity contribution in [2.75, 3.05) is 14.2 Å². The topological polar surface area (TPSA) is 40.5 Å². The summed E-state index contributed by atoms with van der Waals surface area (Å²) in [6.07, 6.45) is 5.53. The normalized spacial score (nSPS) is 11.2. The summed E-state index contributed by atoms with van der Waals surface area (Å²) in [5.41, 5.74) is 2.77. The van der Waals surface area contributed by atoms with Crippen molar-refractivity contribution in [2.45, 2.75) is 5.82 Å². The molecule has 0 aliphatic heterocycles. The number of hydrogen-bond donors (Lipinski definition) is 0. The van der Waals surface area contributed by atoms with Crippen LogP contribution in [0, 0.1) is 0 Å². The quantitative estimate of drug-likeness (QED) is 0.352. The summed E-state index contributed by atoms with van der Waals surface area (Å²) in [4.78, 5) is 12.7. The number of methoxy groups -OCH3 is 2. The van der Waals surface area contributed by atoms with Gasteiger partial charge in [0.05, 0.1) is 0 Å². The van der Waals surface area contributed by atoms with Crippen LogP contribution >= 0.6 is 0 Å². The predicted molar refractivity (Wildman–Crippen MR) is 107 cm³/mol. The molecule has 134 valence electrons. The van der Waals surface area contributed by atoms with Gasteiger partial charge in [-0.1, -0.05) is 0 Å². The average molecular weight is 414 g/mol. The number of carbonyl (C=O) groups excluding carboxylic acids is 1. The Morgan fingerprint density at radius 3 is 2.62 bits per heavy atom. The van der Waals surface area contributed by atoms with Crippen LogP contribution in [-0.2, 0) is 7.05 Å². The average Bonchev–Trinajstić information content (AvgIpc) is 3.00. The molecule has 26 heavy (non-hydrogen) atoms. The van der Waals surface area contributed by atoms with E-state index in [0.29, 0.717) is 17.1 Å². The number of aryl methyl sites for hydroxylation is 1. The van der Waals surface area contributed by atoms with Gasteiger partial charge in [-0.2, -0.15) is 0 Å². The summed E-state index contributed by atoms with van der Waals surface area (Å²) >= 11 is 0.189. The molecule has 0 spiro atoms. The number of benzene rings is 2. The Morgan fingerprint density at radius 1 is 1.15 bits per heavy atom. The SMILES string of the molecule is COc1cc(C(=O)/C=C/c2cn(C)c3ccccc23)cc([Se]C)c1OC. The van der Waals surface area contributed by atoms with Gasteiger partial charge in [-0.25, -0.2) is 0 Å². The number of ketones is 1. The Hall–Kier alpha value is -2.49. The zero-order valence-corrected chi connectivity index (χ0v) is 17.0. The first-order chi connectivity index (χ1) is 12.6. The van der Waals surface area contributed by atoms with Crippen LogP contribution in [0.5, 0.6) is 11.5 Å². The number of hydrogen-bond acceptors (Lipinski definition) is 3. The van der Waals surface area contributed by atoms with E-state index in [2.05, 4.69) is 22.5 Å². The van der Waals surface area contributed by atoms with E-state index in [1.807, 2.05) is 37.5 Å². The second kappa shape index (κ2) is 7.81. The molecule has 0 aliphatic rings. The molecule has 0 radical (unpaired) electrons. The first-order valence-corrected chi connectivity index (χ1v) is 10.7. The van der Waals surface area contributed by atoms with Gasteiger partial charge in [-0.15, -0.1) is 0 Å². The Morgan fingerprint density at radius 2 is 1.92 bits per heavy atom. The molecule has 0 fully saturated rings. The Kier molecular flexibility index (Phi) is 5.50. The van der Waals surface area contributed by atoms with Crippen molar-refractivity contribution in [2.24, 2.45) is 7.05 Å². The Bertz CT molecular complexity index is 963. The minimum atomic E-state index is -0.0515. The number of ether oxygens (including phenoxy) is 2. The van der Waals surface area contributed by atoms with Crippen LogP contribution in [-0.4, -0.2) is 39.5 Å². The third-order valence-electron chi connectivity index (χ3n) is 4.29. The number of fused-ring (bicyclic) bond motifs is 1. The molecule has 2 aromatic carbocycles. The van der Waals surface area contributed by atoms with Crippen molar-refractivity contribution < 1.29 is 14.3 Å². The van der Waals surface area contributed by atoms with Crippen molar-refractivity contribution in [3.8, 4) is 11.5 Å². The van der Waals surface area contributed by atoms with Crippen LogP contribution in [0.3, 0.4) is 0 Å². The van der Waals surface area contributed by atoms with Crippen molar-refractivity contribution in [1.29, 1.82) is 0 Å². The molecule has 1 heterocycles. The summed E-state index contributed by atoms with van der Waals surface area (Å²) < 4.78 is 13.9. The van der Waals surface area contributed by atoms with Crippen LogP contribution in [0.15, 0.2) is 48.7 Å². The molecule has 0 N–H and O–H groups in total. The molecule has 0 unspecified atom stereocenters. The van der Waals surface area contributed by atoms with E-state index in [0.717, 1.165) is 20.9 Å². The molecule has 0 saturated carbocycles. The van der Waals surface area contributed by atoms with E-state index in [1.54, 1.807) is 26.4 Å². The molecule has 0 amide bonds. The van der Waals surface area contributed by atoms with Gasteiger partial charge in [-0.05, 0) is 0 Å². The van der Waals surface area contributed by atoms with Crippen LogP contribution in [0.1, 0.15) is 15.9 Å². The fourth-order valence-corrected chi connectivity index (χ4v) is 4.28. The number of aromatic nitrogens is 1. The van der Waals surface area contributed by atoms with E-state index in [9.17, 15) is 4.79 Å². The molecule has 5 heteroatoms. The summed E-state index contributed by atoms with van der Waals surface area (Å²) in [6, 6.07) is 11.8. The van der Waals surface area contributed by atoms with Gasteiger partial charge in [0.1, 0.15) is 0 Å². The third kappa shape index (κ3) is 3.41. The van der Waals surface area contributed by atoms with E-state index >= 15 is 0 Å². The van der Waals surface area contributed by atoms with Crippen molar-refractivity contribution >= 4 is 42.2 Å². The van der Waals surface area contributed by atoms with Crippen molar-refractivity contribution in [1.82, 2.24) is 4.57 Å². The van der Waals surface area contributed by atoms with Crippen LogP contribution in [0.2, 0.25) is 5.82 Å². The molecular weight excluding hydrogens is 393 g/mol. The number of rotatable bonds is 6. The molecule has 3 rings (SSSR count). The second-order valence-corrected chi connectivity index (χ2v) is 7.60. The van der Waals surface area contributed by atoms with Gasteiger partial charge in [-0.3, -0.25) is 0 Å². The number of nitrogens with zero attached hydrogens (tertiary/aromatic N) is 1. The number of para-hydroxylation sites is 1. The number of carbonyl (C=O) groups is 1. The summed E-state index contributed by atoms with van der Waals surface area (Å²) in [5, 5.41) is 1.13. The second-order valence-electron chi connectivity index (χ2n) is 5.82. The van der Waals surface area contributed by atoms with Crippen molar-refractivity contribution in [3.63, 3.8) is 0 Å². The molecule has 0 saturated heterocycles. The maximum absolute atomic E-state index is 12.7.